The maximum Gasteiger partial charge on any atom is 1.00 e. The second kappa shape index (κ2) is 15.7. The van der Waals surface area contributed by atoms with Gasteiger partial charge in [0, 0.05) is 22.3 Å². The SMILES string of the molecule is CC.CC.CF.C[C@@H]1C2SC(N)=NC(c3cc([N-]c4ccc(C#N)cn4)ccc3F)C21.[K+]. The van der Waals surface area contributed by atoms with E-state index < -0.39 is 0 Å². The van der Waals surface area contributed by atoms with Crippen molar-refractivity contribution in [2.45, 2.75) is 45.9 Å². The number of benzene rings is 1. The van der Waals surface area contributed by atoms with Crippen molar-refractivity contribution >= 4 is 28.4 Å². The summed E-state index contributed by atoms with van der Waals surface area (Å²) in [7, 11) is 0.500. The minimum Gasteiger partial charge on any atom is -0.441 e. The number of alkyl halides is 1. The van der Waals surface area contributed by atoms with Gasteiger partial charge in [-0.3, -0.25) is 9.38 Å². The molecule has 1 aliphatic carbocycles. The van der Waals surface area contributed by atoms with Crippen LogP contribution in [-0.4, -0.2) is 22.6 Å². The number of thioether (sulfide) groups is 1. The van der Waals surface area contributed by atoms with Crippen LogP contribution < -0.4 is 57.1 Å². The van der Waals surface area contributed by atoms with Crippen molar-refractivity contribution < 1.29 is 60.2 Å². The molecular formula is C23H30F2KN5S. The van der Waals surface area contributed by atoms with E-state index in [4.69, 9.17) is 11.0 Å². The molecule has 0 spiro atoms. The van der Waals surface area contributed by atoms with E-state index in [1.807, 2.05) is 33.8 Å². The number of hydrogen-bond donors (Lipinski definition) is 1. The van der Waals surface area contributed by atoms with Gasteiger partial charge in [0.1, 0.15) is 5.82 Å². The van der Waals surface area contributed by atoms with Gasteiger partial charge in [0.15, 0.2) is 5.17 Å². The number of hydrogen-bond acceptors (Lipinski definition) is 5. The molecule has 0 radical (unpaired) electrons. The van der Waals surface area contributed by atoms with Gasteiger partial charge in [0.05, 0.1) is 19.3 Å². The van der Waals surface area contributed by atoms with E-state index >= 15 is 0 Å². The Morgan fingerprint density at radius 2 is 1.78 bits per heavy atom. The fourth-order valence-electron chi connectivity index (χ4n) is 3.26. The molecule has 0 bridgehead atoms. The van der Waals surface area contributed by atoms with Crippen molar-refractivity contribution in [1.29, 1.82) is 5.26 Å². The molecule has 168 valence electrons. The number of fused-ring (bicyclic) bond motifs is 1. The molecule has 4 atom stereocenters. The van der Waals surface area contributed by atoms with Gasteiger partial charge in [-0.25, -0.2) is 4.39 Å². The Bertz CT molecular complexity index is 902. The smallest absolute Gasteiger partial charge is 0.441 e. The van der Waals surface area contributed by atoms with E-state index in [1.54, 1.807) is 36.0 Å². The summed E-state index contributed by atoms with van der Waals surface area (Å²) in [6.45, 7) is 10.1. The van der Waals surface area contributed by atoms with Crippen molar-refractivity contribution in [3.63, 3.8) is 0 Å². The Kier molecular flexibility index (Phi) is 15.2. The van der Waals surface area contributed by atoms with Crippen LogP contribution >= 0.6 is 11.8 Å². The number of rotatable bonds is 3. The summed E-state index contributed by atoms with van der Waals surface area (Å²) in [4.78, 5) is 8.60. The standard InChI is InChI=1S/C18H15FN5S.2C2H6.CH3F.K/c1-9-15-16(24-18(21)25-17(9)15)12-6-11(3-4-13(12)19)23-14-5-2-10(7-20)8-22-14;3*1-2;/h2-6,8-9,15-17H,1H3,(H2-,21,22,23,24);2*1-2H3;1H3;/q-1;;;;+1/t9-,15?,16?,17?;;;;/m0..../s1. The third-order valence-corrected chi connectivity index (χ3v) is 6.03. The number of halogens is 2. The van der Waals surface area contributed by atoms with Gasteiger partial charge in [-0.15, -0.1) is 0 Å². The second-order valence-electron chi connectivity index (χ2n) is 6.27. The first kappa shape index (κ1) is 31.0. The third kappa shape index (κ3) is 7.78. The van der Waals surface area contributed by atoms with Gasteiger partial charge in [-0.05, 0) is 23.7 Å². The van der Waals surface area contributed by atoms with E-state index in [2.05, 4.69) is 22.2 Å². The molecule has 9 heteroatoms. The van der Waals surface area contributed by atoms with Crippen molar-refractivity contribution in [3.05, 3.63) is 58.8 Å². The first-order valence-electron chi connectivity index (χ1n) is 10.3. The number of aromatic nitrogens is 1. The number of nitrogens with two attached hydrogens (primary N) is 1. The van der Waals surface area contributed by atoms with E-state index in [-0.39, 0.29) is 63.2 Å². The summed E-state index contributed by atoms with van der Waals surface area (Å²) in [6, 6.07) is 9.80. The van der Waals surface area contributed by atoms with Gasteiger partial charge in [-0.1, -0.05) is 76.6 Å². The normalized spacial score (nSPS) is 21.7. The molecular weight excluding hydrogens is 455 g/mol. The Morgan fingerprint density at radius 3 is 2.34 bits per heavy atom. The van der Waals surface area contributed by atoms with E-state index in [0.29, 0.717) is 52.1 Å². The van der Waals surface area contributed by atoms with Crippen LogP contribution in [0.15, 0.2) is 41.5 Å². The number of aliphatic imine (C=N–C) groups is 1. The molecule has 1 aliphatic heterocycles. The topological polar surface area (TPSA) is 89.2 Å². The Morgan fingerprint density at radius 1 is 1.12 bits per heavy atom. The first-order chi connectivity index (χ1) is 15.1. The van der Waals surface area contributed by atoms with Crippen molar-refractivity contribution in [1.82, 2.24) is 4.98 Å². The van der Waals surface area contributed by atoms with E-state index in [0.717, 1.165) is 0 Å². The number of amidine groups is 1. The predicted molar refractivity (Wildman–Crippen MR) is 126 cm³/mol. The quantitative estimate of drug-likeness (QED) is 0.670. The van der Waals surface area contributed by atoms with E-state index in [9.17, 15) is 8.78 Å². The number of pyridine rings is 1. The maximum absolute atomic E-state index is 14.4. The zero-order valence-electron chi connectivity index (χ0n) is 19.8. The summed E-state index contributed by atoms with van der Waals surface area (Å²) in [5, 5.41) is 14.2. The molecule has 2 heterocycles. The second-order valence-corrected chi connectivity index (χ2v) is 7.46. The fraction of sp³-hybridized carbons (Fsp3) is 0.435. The number of nitriles is 1. The van der Waals surface area contributed by atoms with Crippen LogP contribution in [0.3, 0.4) is 0 Å². The summed E-state index contributed by atoms with van der Waals surface area (Å²) in [5.41, 5.74) is 7.51. The molecule has 1 saturated carbocycles. The summed E-state index contributed by atoms with van der Waals surface area (Å²) in [6.07, 6.45) is 1.46. The van der Waals surface area contributed by atoms with Crippen LogP contribution in [-0.2, 0) is 0 Å². The summed E-state index contributed by atoms with van der Waals surface area (Å²) in [5.74, 6) is 0.963. The van der Waals surface area contributed by atoms with Crippen LogP contribution in [0.2, 0.25) is 0 Å². The molecule has 0 saturated heterocycles. The van der Waals surface area contributed by atoms with Crippen molar-refractivity contribution in [2.75, 3.05) is 7.18 Å². The third-order valence-electron chi connectivity index (χ3n) is 4.67. The Balaban J connectivity index is 0.00000127. The van der Waals surface area contributed by atoms with Crippen LogP contribution in [0.25, 0.3) is 5.32 Å². The molecule has 3 unspecified atom stereocenters. The maximum atomic E-state index is 14.4. The molecule has 4 rings (SSSR count). The van der Waals surface area contributed by atoms with Gasteiger partial charge in [0.25, 0.3) is 0 Å². The van der Waals surface area contributed by atoms with Gasteiger partial charge in [-0.2, -0.15) is 5.26 Å². The molecule has 0 amide bonds. The molecule has 1 aromatic carbocycles. The Labute approximate surface area is 237 Å². The van der Waals surface area contributed by atoms with Gasteiger partial charge < -0.3 is 16.0 Å². The summed E-state index contributed by atoms with van der Waals surface area (Å²) >= 11 is 1.58. The first-order valence-corrected chi connectivity index (χ1v) is 11.2. The molecule has 32 heavy (non-hydrogen) atoms. The van der Waals surface area contributed by atoms with Crippen LogP contribution in [0.4, 0.5) is 20.3 Å². The molecule has 5 nitrogen and oxygen atoms in total. The zero-order valence-corrected chi connectivity index (χ0v) is 23.7. The van der Waals surface area contributed by atoms with E-state index in [1.165, 1.54) is 12.3 Å². The average molecular weight is 486 g/mol. The van der Waals surface area contributed by atoms with Crippen molar-refractivity contribution in [2.24, 2.45) is 22.6 Å². The Hall–Kier alpha value is -1.02. The molecule has 1 aromatic heterocycles. The van der Waals surface area contributed by atoms with Crippen molar-refractivity contribution in [3.8, 4) is 6.07 Å². The van der Waals surface area contributed by atoms with Crippen LogP contribution in [0.1, 0.15) is 51.8 Å². The molecule has 2 aliphatic rings. The minimum atomic E-state index is -0.293. The largest absolute Gasteiger partial charge is 1.00 e. The fourth-order valence-corrected chi connectivity index (χ4v) is 4.57. The van der Waals surface area contributed by atoms with Crippen LogP contribution in [0, 0.1) is 29.0 Å². The average Bonchev–Trinajstić information content (AvgIpc) is 3.48. The molecule has 1 fully saturated rings. The van der Waals surface area contributed by atoms with Crippen LogP contribution in [0.5, 0.6) is 0 Å². The number of nitrogens with zero attached hydrogens (tertiary/aromatic N) is 4. The molecule has 2 aromatic rings. The predicted octanol–water partition coefficient (Wildman–Crippen LogP) is 3.81. The van der Waals surface area contributed by atoms with Gasteiger partial charge >= 0.3 is 51.4 Å². The monoisotopic (exact) mass is 485 g/mol. The van der Waals surface area contributed by atoms with Gasteiger partial charge in [0.2, 0.25) is 0 Å². The molecule has 2 N–H and O–H groups in total. The summed E-state index contributed by atoms with van der Waals surface area (Å²) < 4.78 is 23.9. The minimum absolute atomic E-state index is 0. The zero-order chi connectivity index (χ0) is 23.6.